The molecule has 0 radical (unpaired) electrons. The zero-order chi connectivity index (χ0) is 14.5. The lowest BCUT2D eigenvalue weighted by Gasteiger charge is -2.23. The molecule has 0 aliphatic rings. The van der Waals surface area contributed by atoms with Crippen molar-refractivity contribution in [3.05, 3.63) is 65.2 Å². The van der Waals surface area contributed by atoms with E-state index in [2.05, 4.69) is 69.3 Å². The van der Waals surface area contributed by atoms with Crippen LogP contribution in [-0.2, 0) is 0 Å². The van der Waals surface area contributed by atoms with E-state index in [0.29, 0.717) is 5.25 Å². The summed E-state index contributed by atoms with van der Waals surface area (Å²) in [6.07, 6.45) is 0.984. The Hall–Kier alpha value is -1.25. The van der Waals surface area contributed by atoms with E-state index in [4.69, 9.17) is 5.73 Å². The van der Waals surface area contributed by atoms with Gasteiger partial charge in [0.05, 0.1) is 0 Å². The van der Waals surface area contributed by atoms with Crippen molar-refractivity contribution in [1.29, 1.82) is 0 Å². The van der Waals surface area contributed by atoms with Gasteiger partial charge in [0.15, 0.2) is 0 Å². The second-order valence-electron chi connectivity index (χ2n) is 5.34. The van der Waals surface area contributed by atoms with Crippen LogP contribution in [0.15, 0.2) is 53.4 Å². The lowest BCUT2D eigenvalue weighted by Crippen LogP contribution is -2.25. The minimum absolute atomic E-state index is 0.169. The molecule has 0 bridgehead atoms. The number of rotatable bonds is 5. The van der Waals surface area contributed by atoms with Crippen LogP contribution in [0.25, 0.3) is 0 Å². The van der Waals surface area contributed by atoms with Crippen LogP contribution >= 0.6 is 11.8 Å². The monoisotopic (exact) mass is 285 g/mol. The fraction of sp³-hybridized carbons (Fsp3) is 0.333. The predicted molar refractivity (Wildman–Crippen MR) is 89.2 cm³/mol. The van der Waals surface area contributed by atoms with E-state index in [1.54, 1.807) is 0 Å². The highest BCUT2D eigenvalue weighted by molar-refractivity contribution is 7.99. The molecule has 2 aromatic carbocycles. The summed E-state index contributed by atoms with van der Waals surface area (Å²) in [6.45, 7) is 6.42. The maximum absolute atomic E-state index is 6.36. The Kier molecular flexibility index (Phi) is 5.27. The number of nitrogens with two attached hydrogens (primary N) is 1. The summed E-state index contributed by atoms with van der Waals surface area (Å²) in [5.41, 5.74) is 10.3. The van der Waals surface area contributed by atoms with E-state index < -0.39 is 0 Å². The molecule has 2 rings (SSSR count). The van der Waals surface area contributed by atoms with Crippen LogP contribution in [-0.4, -0.2) is 6.04 Å². The molecule has 0 saturated heterocycles. The van der Waals surface area contributed by atoms with Gasteiger partial charge in [0.25, 0.3) is 0 Å². The van der Waals surface area contributed by atoms with Gasteiger partial charge in [0.1, 0.15) is 0 Å². The summed E-state index contributed by atoms with van der Waals surface area (Å²) >= 11 is 1.87. The minimum atomic E-state index is 0.169. The first-order valence-corrected chi connectivity index (χ1v) is 8.03. The highest BCUT2D eigenvalue weighted by Crippen LogP contribution is 2.38. The molecule has 2 aromatic rings. The molecule has 2 atom stereocenters. The molecule has 0 aromatic heterocycles. The summed E-state index contributed by atoms with van der Waals surface area (Å²) in [6, 6.07) is 17.5. The van der Waals surface area contributed by atoms with E-state index in [1.165, 1.54) is 21.6 Å². The van der Waals surface area contributed by atoms with Gasteiger partial charge in [-0.05, 0) is 38.0 Å². The minimum Gasteiger partial charge on any atom is -0.326 e. The number of hydrogen-bond acceptors (Lipinski definition) is 2. The van der Waals surface area contributed by atoms with Gasteiger partial charge >= 0.3 is 0 Å². The van der Waals surface area contributed by atoms with Crippen LogP contribution in [0.5, 0.6) is 0 Å². The van der Waals surface area contributed by atoms with Crippen molar-refractivity contribution < 1.29 is 0 Å². The zero-order valence-electron chi connectivity index (χ0n) is 12.5. The van der Waals surface area contributed by atoms with E-state index in [-0.39, 0.29) is 6.04 Å². The largest absolute Gasteiger partial charge is 0.326 e. The maximum atomic E-state index is 6.36. The van der Waals surface area contributed by atoms with E-state index in [1.807, 2.05) is 11.8 Å². The third-order valence-corrected chi connectivity index (χ3v) is 4.89. The lowest BCUT2D eigenvalue weighted by atomic mass is 10.0. The molecule has 0 saturated carbocycles. The average molecular weight is 285 g/mol. The number of thioether (sulfide) groups is 1. The van der Waals surface area contributed by atoms with Crippen LogP contribution in [0.1, 0.15) is 35.3 Å². The second kappa shape index (κ2) is 6.96. The van der Waals surface area contributed by atoms with Gasteiger partial charge in [-0.25, -0.2) is 0 Å². The van der Waals surface area contributed by atoms with Gasteiger partial charge in [0.2, 0.25) is 0 Å². The summed E-state index contributed by atoms with van der Waals surface area (Å²) < 4.78 is 0. The lowest BCUT2D eigenvalue weighted by molar-refractivity contribution is 0.634. The molecular weight excluding hydrogens is 262 g/mol. The molecule has 20 heavy (non-hydrogen) atoms. The molecule has 0 fully saturated rings. The molecule has 2 unspecified atom stereocenters. The van der Waals surface area contributed by atoms with Gasteiger partial charge in [-0.3, -0.25) is 0 Å². The Bertz CT molecular complexity index is 565. The first-order valence-electron chi connectivity index (χ1n) is 7.15. The topological polar surface area (TPSA) is 26.0 Å². The maximum Gasteiger partial charge on any atom is 0.0495 e. The number of benzene rings is 2. The van der Waals surface area contributed by atoms with E-state index in [0.717, 1.165) is 6.42 Å². The Morgan fingerprint density at radius 1 is 1.00 bits per heavy atom. The predicted octanol–water partition coefficient (Wildman–Crippen LogP) is 4.87. The quantitative estimate of drug-likeness (QED) is 0.793. The van der Waals surface area contributed by atoms with Gasteiger partial charge in [-0.1, -0.05) is 54.4 Å². The summed E-state index contributed by atoms with van der Waals surface area (Å²) in [5, 5.41) is 0.307. The number of aryl methyl sites for hydroxylation is 2. The highest BCUT2D eigenvalue weighted by Gasteiger charge is 2.20. The van der Waals surface area contributed by atoms with Crippen molar-refractivity contribution in [3.8, 4) is 0 Å². The molecular formula is C18H23NS. The molecule has 2 heteroatoms. The first-order chi connectivity index (χ1) is 9.60. The van der Waals surface area contributed by atoms with Gasteiger partial charge in [-0.2, -0.15) is 0 Å². The smallest absolute Gasteiger partial charge is 0.0495 e. The Balaban J connectivity index is 2.29. The molecule has 0 spiro atoms. The van der Waals surface area contributed by atoms with Gasteiger partial charge in [0, 0.05) is 16.2 Å². The van der Waals surface area contributed by atoms with Crippen molar-refractivity contribution in [2.75, 3.05) is 0 Å². The van der Waals surface area contributed by atoms with Crippen molar-refractivity contribution >= 4 is 11.8 Å². The van der Waals surface area contributed by atoms with Crippen LogP contribution in [0, 0.1) is 13.8 Å². The number of hydrogen-bond donors (Lipinski definition) is 1. The average Bonchev–Trinajstić information content (AvgIpc) is 2.44. The summed E-state index contributed by atoms with van der Waals surface area (Å²) in [5.74, 6) is 0. The molecule has 2 N–H and O–H groups in total. The van der Waals surface area contributed by atoms with Crippen LogP contribution in [0.2, 0.25) is 0 Å². The fourth-order valence-electron chi connectivity index (χ4n) is 2.30. The molecule has 0 amide bonds. The van der Waals surface area contributed by atoms with Gasteiger partial charge in [-0.15, -0.1) is 11.8 Å². The van der Waals surface area contributed by atoms with Crippen molar-refractivity contribution in [2.45, 2.75) is 43.4 Å². The Morgan fingerprint density at radius 3 is 2.25 bits per heavy atom. The van der Waals surface area contributed by atoms with Crippen LogP contribution in [0.3, 0.4) is 0 Å². The summed E-state index contributed by atoms with van der Waals surface area (Å²) in [4.78, 5) is 1.29. The Morgan fingerprint density at radius 2 is 1.65 bits per heavy atom. The van der Waals surface area contributed by atoms with Crippen LogP contribution < -0.4 is 5.73 Å². The second-order valence-corrected chi connectivity index (χ2v) is 6.56. The van der Waals surface area contributed by atoms with E-state index in [9.17, 15) is 0 Å². The molecule has 0 heterocycles. The molecule has 0 aliphatic carbocycles. The van der Waals surface area contributed by atoms with Crippen molar-refractivity contribution in [1.82, 2.24) is 0 Å². The normalized spacial score (nSPS) is 14.0. The third-order valence-electron chi connectivity index (χ3n) is 3.48. The van der Waals surface area contributed by atoms with E-state index >= 15 is 0 Å². The molecule has 106 valence electrons. The van der Waals surface area contributed by atoms with Crippen molar-refractivity contribution in [3.63, 3.8) is 0 Å². The standard InChI is InChI=1S/C18H23NS/c1-4-17(19)18(15-9-5-7-13(2)11-15)20-16-10-6-8-14(3)12-16/h5-12,17-18H,4,19H2,1-3H3. The third kappa shape index (κ3) is 3.87. The SMILES string of the molecule is CCC(N)C(Sc1cccc(C)c1)c1cccc(C)c1. The fourth-order valence-corrected chi connectivity index (χ4v) is 3.65. The van der Waals surface area contributed by atoms with Crippen molar-refractivity contribution in [2.24, 2.45) is 5.73 Å². The van der Waals surface area contributed by atoms with Crippen LogP contribution in [0.4, 0.5) is 0 Å². The summed E-state index contributed by atoms with van der Waals surface area (Å²) in [7, 11) is 0. The first kappa shape index (κ1) is 15.1. The molecule has 0 aliphatic heterocycles. The Labute approximate surface area is 126 Å². The zero-order valence-corrected chi connectivity index (χ0v) is 13.3. The van der Waals surface area contributed by atoms with Gasteiger partial charge < -0.3 is 5.73 Å². The highest BCUT2D eigenvalue weighted by atomic mass is 32.2. The molecule has 1 nitrogen and oxygen atoms in total.